The average Bonchev–Trinajstić information content (AvgIpc) is 2.12. The minimum absolute atomic E-state index is 1.08. The molecule has 0 radical (unpaired) electrons. The summed E-state index contributed by atoms with van der Waals surface area (Å²) >= 11 is 0. The van der Waals surface area contributed by atoms with Gasteiger partial charge >= 0.3 is 0 Å². The fourth-order valence-corrected chi connectivity index (χ4v) is 1.37. The van der Waals surface area contributed by atoms with Gasteiger partial charge in [0, 0.05) is 18.8 Å². The molecular formula is C11H21N. The van der Waals surface area contributed by atoms with E-state index in [2.05, 4.69) is 51.7 Å². The van der Waals surface area contributed by atoms with Crippen LogP contribution in [0.4, 0.5) is 0 Å². The summed E-state index contributed by atoms with van der Waals surface area (Å²) in [6.45, 7) is 12.9. The third kappa shape index (κ3) is 2.72. The predicted molar refractivity (Wildman–Crippen MR) is 56.1 cm³/mol. The van der Waals surface area contributed by atoms with Crippen molar-refractivity contribution in [2.24, 2.45) is 0 Å². The zero-order chi connectivity index (χ0) is 9.56. The third-order valence-electron chi connectivity index (χ3n) is 2.21. The summed E-state index contributed by atoms with van der Waals surface area (Å²) in [6.07, 6.45) is 4.34. The molecule has 0 aliphatic rings. The summed E-state index contributed by atoms with van der Waals surface area (Å²) in [5.74, 6) is 0. The minimum atomic E-state index is 1.08. The number of nitrogens with zero attached hydrogens (tertiary/aromatic N) is 1. The van der Waals surface area contributed by atoms with Gasteiger partial charge in [-0.2, -0.15) is 0 Å². The highest BCUT2D eigenvalue weighted by Gasteiger charge is 2.04. The molecule has 0 saturated heterocycles. The van der Waals surface area contributed by atoms with Gasteiger partial charge in [0.1, 0.15) is 0 Å². The molecule has 0 amide bonds. The molecule has 70 valence electrons. The van der Waals surface area contributed by atoms with Gasteiger partial charge in [0.2, 0.25) is 0 Å². The molecular weight excluding hydrogens is 146 g/mol. The molecule has 0 fully saturated rings. The standard InChI is InChI=1S/C11H21N/c1-6-10(5)11(7-2)12(8-3)9-4/h6-7H,8-9H2,1-5H3/b10-6+,11-7+. The van der Waals surface area contributed by atoms with Crippen molar-refractivity contribution in [1.29, 1.82) is 0 Å². The van der Waals surface area contributed by atoms with Gasteiger partial charge in [-0.3, -0.25) is 0 Å². The zero-order valence-corrected chi connectivity index (χ0v) is 9.02. The number of hydrogen-bond acceptors (Lipinski definition) is 1. The van der Waals surface area contributed by atoms with Crippen molar-refractivity contribution in [3.8, 4) is 0 Å². The second kappa shape index (κ2) is 5.87. The first-order valence-corrected chi connectivity index (χ1v) is 4.75. The first kappa shape index (κ1) is 11.3. The maximum atomic E-state index is 2.37. The van der Waals surface area contributed by atoms with E-state index in [9.17, 15) is 0 Å². The van der Waals surface area contributed by atoms with Crippen molar-refractivity contribution in [2.45, 2.75) is 34.6 Å². The Morgan fingerprint density at radius 2 is 1.58 bits per heavy atom. The quantitative estimate of drug-likeness (QED) is 0.581. The Bertz CT molecular complexity index is 173. The van der Waals surface area contributed by atoms with Gasteiger partial charge in [-0.15, -0.1) is 0 Å². The smallest absolute Gasteiger partial charge is 0.0349 e. The molecule has 0 unspecified atom stereocenters. The highest BCUT2D eigenvalue weighted by molar-refractivity contribution is 5.26. The van der Waals surface area contributed by atoms with E-state index in [1.165, 1.54) is 11.3 Å². The van der Waals surface area contributed by atoms with Crippen molar-refractivity contribution in [3.05, 3.63) is 23.4 Å². The van der Waals surface area contributed by atoms with Crippen LogP contribution >= 0.6 is 0 Å². The lowest BCUT2D eigenvalue weighted by atomic mass is 10.2. The van der Waals surface area contributed by atoms with Crippen LogP contribution in [0.25, 0.3) is 0 Å². The predicted octanol–water partition coefficient (Wildman–Crippen LogP) is 3.20. The molecule has 1 nitrogen and oxygen atoms in total. The van der Waals surface area contributed by atoms with Crippen molar-refractivity contribution >= 4 is 0 Å². The second-order valence-electron chi connectivity index (χ2n) is 2.82. The lowest BCUT2D eigenvalue weighted by Crippen LogP contribution is -2.22. The first-order valence-electron chi connectivity index (χ1n) is 4.75. The van der Waals surface area contributed by atoms with Crippen LogP contribution in [0.5, 0.6) is 0 Å². The molecule has 0 heterocycles. The van der Waals surface area contributed by atoms with Crippen LogP contribution < -0.4 is 0 Å². The Morgan fingerprint density at radius 3 is 1.83 bits per heavy atom. The van der Waals surface area contributed by atoms with Gasteiger partial charge in [-0.05, 0) is 40.2 Å². The van der Waals surface area contributed by atoms with E-state index in [0.29, 0.717) is 0 Å². The molecule has 0 aromatic carbocycles. The van der Waals surface area contributed by atoms with E-state index in [4.69, 9.17) is 0 Å². The van der Waals surface area contributed by atoms with Gasteiger partial charge in [-0.25, -0.2) is 0 Å². The number of hydrogen-bond donors (Lipinski definition) is 0. The summed E-state index contributed by atoms with van der Waals surface area (Å²) in [5.41, 5.74) is 2.73. The Hall–Kier alpha value is -0.720. The fourth-order valence-electron chi connectivity index (χ4n) is 1.37. The van der Waals surface area contributed by atoms with Crippen LogP contribution in [0.1, 0.15) is 34.6 Å². The maximum absolute atomic E-state index is 2.37. The average molecular weight is 167 g/mol. The van der Waals surface area contributed by atoms with Crippen LogP contribution in [0.3, 0.4) is 0 Å². The van der Waals surface area contributed by atoms with Crippen LogP contribution in [0, 0.1) is 0 Å². The first-order chi connectivity index (χ1) is 5.71. The highest BCUT2D eigenvalue weighted by atomic mass is 15.1. The Kier molecular flexibility index (Phi) is 5.52. The van der Waals surface area contributed by atoms with Gasteiger partial charge in [0.05, 0.1) is 0 Å². The van der Waals surface area contributed by atoms with Gasteiger partial charge in [0.15, 0.2) is 0 Å². The van der Waals surface area contributed by atoms with Gasteiger partial charge < -0.3 is 4.90 Å². The summed E-state index contributed by atoms with van der Waals surface area (Å²) in [4.78, 5) is 2.37. The van der Waals surface area contributed by atoms with E-state index in [1.54, 1.807) is 0 Å². The van der Waals surface area contributed by atoms with Gasteiger partial charge in [-0.1, -0.05) is 12.2 Å². The molecule has 0 bridgehead atoms. The molecule has 0 spiro atoms. The maximum Gasteiger partial charge on any atom is 0.0349 e. The topological polar surface area (TPSA) is 3.24 Å². The summed E-state index contributed by atoms with van der Waals surface area (Å²) in [7, 11) is 0. The molecule has 0 atom stereocenters. The lowest BCUT2D eigenvalue weighted by Gasteiger charge is -2.24. The molecule has 0 aliphatic heterocycles. The van der Waals surface area contributed by atoms with Crippen LogP contribution in [0.15, 0.2) is 23.4 Å². The molecule has 0 saturated carbocycles. The van der Waals surface area contributed by atoms with Crippen LogP contribution in [0.2, 0.25) is 0 Å². The monoisotopic (exact) mass is 167 g/mol. The van der Waals surface area contributed by atoms with E-state index in [-0.39, 0.29) is 0 Å². The summed E-state index contributed by atoms with van der Waals surface area (Å²) in [6, 6.07) is 0. The number of allylic oxidation sites excluding steroid dienone is 3. The van der Waals surface area contributed by atoms with Crippen LogP contribution in [-0.4, -0.2) is 18.0 Å². The van der Waals surface area contributed by atoms with Crippen molar-refractivity contribution < 1.29 is 0 Å². The normalized spacial score (nSPS) is 13.4. The second-order valence-corrected chi connectivity index (χ2v) is 2.82. The minimum Gasteiger partial charge on any atom is -0.372 e. The summed E-state index contributed by atoms with van der Waals surface area (Å²) in [5, 5.41) is 0. The molecule has 0 rings (SSSR count). The molecule has 0 aliphatic carbocycles. The molecule has 0 aromatic heterocycles. The van der Waals surface area contributed by atoms with Crippen molar-refractivity contribution in [3.63, 3.8) is 0 Å². The van der Waals surface area contributed by atoms with E-state index in [1.807, 2.05) is 0 Å². The van der Waals surface area contributed by atoms with Gasteiger partial charge in [0.25, 0.3) is 0 Å². The largest absolute Gasteiger partial charge is 0.372 e. The van der Waals surface area contributed by atoms with Crippen molar-refractivity contribution in [1.82, 2.24) is 4.90 Å². The Balaban J connectivity index is 4.55. The summed E-state index contributed by atoms with van der Waals surface area (Å²) < 4.78 is 0. The zero-order valence-electron chi connectivity index (χ0n) is 9.02. The lowest BCUT2D eigenvalue weighted by molar-refractivity contribution is 0.388. The molecule has 12 heavy (non-hydrogen) atoms. The fraction of sp³-hybridized carbons (Fsp3) is 0.636. The van der Waals surface area contributed by atoms with E-state index < -0.39 is 0 Å². The molecule has 0 aromatic rings. The highest BCUT2D eigenvalue weighted by Crippen LogP contribution is 2.13. The van der Waals surface area contributed by atoms with E-state index >= 15 is 0 Å². The Labute approximate surface area is 76.8 Å². The van der Waals surface area contributed by atoms with Crippen LogP contribution in [-0.2, 0) is 0 Å². The third-order valence-corrected chi connectivity index (χ3v) is 2.21. The number of rotatable bonds is 4. The molecule has 1 heteroatoms. The SMILES string of the molecule is C/C=C(C)/C(=C\C)N(CC)CC. The van der Waals surface area contributed by atoms with E-state index in [0.717, 1.165) is 13.1 Å². The Morgan fingerprint density at radius 1 is 1.08 bits per heavy atom. The number of likely N-dealkylation sites (N-methyl/N-ethyl adjacent to an activating group) is 1. The van der Waals surface area contributed by atoms with Crippen molar-refractivity contribution in [2.75, 3.05) is 13.1 Å². The molecule has 0 N–H and O–H groups in total.